The number of hydrogen-bond acceptors (Lipinski definition) is 2. The molecule has 1 amide bonds. The first-order valence-electron chi connectivity index (χ1n) is 19.6. The van der Waals surface area contributed by atoms with Crippen LogP contribution in [0.25, 0.3) is 0 Å². The van der Waals surface area contributed by atoms with Gasteiger partial charge in [0.1, 0.15) is 0 Å². The molecular formula is C42H78N2O. The van der Waals surface area contributed by atoms with Crippen molar-refractivity contribution in [3.05, 3.63) is 48.6 Å². The molecule has 0 unspecified atom stereocenters. The van der Waals surface area contributed by atoms with Gasteiger partial charge in [0.05, 0.1) is 0 Å². The number of carbonyl (C=O) groups excluding carboxylic acids is 1. The SMILES string of the molecule is CCCCCC=CCC=CCCCCCCCCN(CCCCCCCCC=CCC=CCCCCC)C(=O)CCCN(C)C. The van der Waals surface area contributed by atoms with Gasteiger partial charge in [-0.15, -0.1) is 0 Å². The third-order valence-electron chi connectivity index (χ3n) is 8.61. The zero-order valence-corrected chi connectivity index (χ0v) is 30.9. The minimum absolute atomic E-state index is 0.377. The number of amides is 1. The van der Waals surface area contributed by atoms with Gasteiger partial charge in [0, 0.05) is 19.5 Å². The van der Waals surface area contributed by atoms with Gasteiger partial charge >= 0.3 is 0 Å². The number of hydrogen-bond donors (Lipinski definition) is 0. The van der Waals surface area contributed by atoms with E-state index in [9.17, 15) is 4.79 Å². The zero-order valence-electron chi connectivity index (χ0n) is 30.9. The van der Waals surface area contributed by atoms with Gasteiger partial charge in [0.2, 0.25) is 5.91 Å². The summed E-state index contributed by atoms with van der Waals surface area (Å²) in [4.78, 5) is 17.4. The molecule has 45 heavy (non-hydrogen) atoms. The molecule has 0 atom stereocenters. The average molecular weight is 627 g/mol. The van der Waals surface area contributed by atoms with Crippen molar-refractivity contribution in [1.29, 1.82) is 0 Å². The van der Waals surface area contributed by atoms with Crippen LogP contribution in [0.1, 0.15) is 181 Å². The van der Waals surface area contributed by atoms with E-state index in [-0.39, 0.29) is 0 Å². The van der Waals surface area contributed by atoms with E-state index in [4.69, 9.17) is 0 Å². The highest BCUT2D eigenvalue weighted by Crippen LogP contribution is 2.12. The highest BCUT2D eigenvalue weighted by molar-refractivity contribution is 5.76. The van der Waals surface area contributed by atoms with Crippen molar-refractivity contribution in [3.8, 4) is 0 Å². The van der Waals surface area contributed by atoms with Crippen molar-refractivity contribution in [1.82, 2.24) is 9.80 Å². The maximum Gasteiger partial charge on any atom is 0.222 e. The second kappa shape index (κ2) is 36.9. The summed E-state index contributed by atoms with van der Waals surface area (Å²) in [5.41, 5.74) is 0. The lowest BCUT2D eigenvalue weighted by Crippen LogP contribution is -2.33. The van der Waals surface area contributed by atoms with Crippen LogP contribution < -0.4 is 0 Å². The van der Waals surface area contributed by atoms with Crippen LogP contribution >= 0.6 is 0 Å². The zero-order chi connectivity index (χ0) is 32.9. The molecule has 0 fully saturated rings. The monoisotopic (exact) mass is 627 g/mol. The second-order valence-corrected chi connectivity index (χ2v) is 13.5. The third-order valence-corrected chi connectivity index (χ3v) is 8.61. The summed E-state index contributed by atoms with van der Waals surface area (Å²) in [5, 5.41) is 0. The fourth-order valence-corrected chi connectivity index (χ4v) is 5.65. The molecular weight excluding hydrogens is 548 g/mol. The summed E-state index contributed by atoms with van der Waals surface area (Å²) in [5.74, 6) is 0.377. The Morgan fingerprint density at radius 3 is 1.16 bits per heavy atom. The van der Waals surface area contributed by atoms with Crippen molar-refractivity contribution < 1.29 is 4.79 Å². The van der Waals surface area contributed by atoms with Gasteiger partial charge in [-0.3, -0.25) is 4.79 Å². The van der Waals surface area contributed by atoms with Gasteiger partial charge in [-0.05, 0) is 104 Å². The van der Waals surface area contributed by atoms with Gasteiger partial charge < -0.3 is 9.80 Å². The van der Waals surface area contributed by atoms with E-state index in [2.05, 4.69) is 86.4 Å². The van der Waals surface area contributed by atoms with Crippen molar-refractivity contribution in [2.75, 3.05) is 33.7 Å². The third kappa shape index (κ3) is 35.1. The predicted molar refractivity (Wildman–Crippen MR) is 203 cm³/mol. The molecule has 0 aromatic heterocycles. The van der Waals surface area contributed by atoms with Crippen molar-refractivity contribution in [2.24, 2.45) is 0 Å². The predicted octanol–water partition coefficient (Wildman–Crippen LogP) is 12.8. The first-order chi connectivity index (χ1) is 22.1. The average Bonchev–Trinajstić information content (AvgIpc) is 3.03. The summed E-state index contributed by atoms with van der Waals surface area (Å²) < 4.78 is 0. The molecule has 0 aliphatic heterocycles. The van der Waals surface area contributed by atoms with Gasteiger partial charge in [0.25, 0.3) is 0 Å². The summed E-state index contributed by atoms with van der Waals surface area (Å²) in [6.45, 7) is 7.43. The molecule has 0 radical (unpaired) electrons. The van der Waals surface area contributed by atoms with Crippen LogP contribution in [0, 0.1) is 0 Å². The molecule has 0 aliphatic rings. The van der Waals surface area contributed by atoms with E-state index in [1.807, 2.05) is 0 Å². The second-order valence-electron chi connectivity index (χ2n) is 13.5. The van der Waals surface area contributed by atoms with Crippen LogP contribution in [0.5, 0.6) is 0 Å². The number of allylic oxidation sites excluding steroid dienone is 8. The molecule has 0 heterocycles. The number of nitrogens with zero attached hydrogens (tertiary/aromatic N) is 2. The molecule has 0 bridgehead atoms. The molecule has 0 spiro atoms. The molecule has 0 aromatic carbocycles. The van der Waals surface area contributed by atoms with Crippen LogP contribution in [-0.4, -0.2) is 49.4 Å². The Morgan fingerprint density at radius 2 is 0.778 bits per heavy atom. The quantitative estimate of drug-likeness (QED) is 0.0524. The van der Waals surface area contributed by atoms with Crippen LogP contribution in [-0.2, 0) is 4.79 Å². The minimum atomic E-state index is 0.377. The molecule has 0 saturated heterocycles. The smallest absolute Gasteiger partial charge is 0.222 e. The Bertz CT molecular complexity index is 672. The number of unbranched alkanes of at least 4 members (excludes halogenated alkanes) is 18. The lowest BCUT2D eigenvalue weighted by atomic mass is 10.1. The van der Waals surface area contributed by atoms with E-state index >= 15 is 0 Å². The molecule has 0 aromatic rings. The first-order valence-corrected chi connectivity index (χ1v) is 19.6. The summed E-state index contributed by atoms with van der Waals surface area (Å²) in [6, 6.07) is 0. The van der Waals surface area contributed by atoms with Gasteiger partial charge in [-0.2, -0.15) is 0 Å². The van der Waals surface area contributed by atoms with Gasteiger partial charge in [-0.25, -0.2) is 0 Å². The Labute approximate surface area is 283 Å². The van der Waals surface area contributed by atoms with Crippen LogP contribution in [0.2, 0.25) is 0 Å². The Hall–Kier alpha value is -1.61. The van der Waals surface area contributed by atoms with Gasteiger partial charge in [0.15, 0.2) is 0 Å². The summed E-state index contributed by atoms with van der Waals surface area (Å²) >= 11 is 0. The highest BCUT2D eigenvalue weighted by Gasteiger charge is 2.12. The Kier molecular flexibility index (Phi) is 35.5. The molecule has 0 rings (SSSR count). The first kappa shape index (κ1) is 43.4. The van der Waals surface area contributed by atoms with Crippen LogP contribution in [0.15, 0.2) is 48.6 Å². The van der Waals surface area contributed by atoms with E-state index in [1.165, 1.54) is 128 Å². The molecule has 0 aliphatic carbocycles. The molecule has 0 N–H and O–H groups in total. The van der Waals surface area contributed by atoms with E-state index in [0.29, 0.717) is 12.3 Å². The highest BCUT2D eigenvalue weighted by atomic mass is 16.2. The molecule has 3 heteroatoms. The largest absolute Gasteiger partial charge is 0.343 e. The standard InChI is InChI=1S/C42H78N2O/c1-5-7-9-11-13-15-17-19-21-23-25-27-29-31-33-35-40-44(42(45)38-37-39-43(3)4)41-36-34-32-30-28-26-24-22-20-18-16-14-12-10-8-6-2/h13-16,19-22H,5-12,17-18,23-41H2,1-4H3. The van der Waals surface area contributed by atoms with Crippen LogP contribution in [0.3, 0.4) is 0 Å². The van der Waals surface area contributed by atoms with E-state index in [1.54, 1.807) is 0 Å². The molecule has 0 saturated carbocycles. The lowest BCUT2D eigenvalue weighted by Gasteiger charge is -2.23. The maximum absolute atomic E-state index is 13.0. The summed E-state index contributed by atoms with van der Waals surface area (Å²) in [7, 11) is 4.19. The molecule has 262 valence electrons. The molecule has 3 nitrogen and oxygen atoms in total. The Morgan fingerprint density at radius 1 is 0.422 bits per heavy atom. The lowest BCUT2D eigenvalue weighted by molar-refractivity contribution is -0.131. The topological polar surface area (TPSA) is 23.6 Å². The van der Waals surface area contributed by atoms with Crippen molar-refractivity contribution >= 4 is 5.91 Å². The number of rotatable bonds is 34. The van der Waals surface area contributed by atoms with Crippen LogP contribution in [0.4, 0.5) is 0 Å². The minimum Gasteiger partial charge on any atom is -0.343 e. The number of carbonyl (C=O) groups is 1. The maximum atomic E-state index is 13.0. The fourth-order valence-electron chi connectivity index (χ4n) is 5.65. The Balaban J connectivity index is 3.97. The van der Waals surface area contributed by atoms with Crippen molar-refractivity contribution in [3.63, 3.8) is 0 Å². The van der Waals surface area contributed by atoms with Gasteiger partial charge in [-0.1, -0.05) is 140 Å². The van der Waals surface area contributed by atoms with E-state index in [0.717, 1.165) is 51.7 Å². The van der Waals surface area contributed by atoms with Crippen molar-refractivity contribution in [2.45, 2.75) is 181 Å². The summed E-state index contributed by atoms with van der Waals surface area (Å²) in [6.07, 6.45) is 50.8. The fraction of sp³-hybridized carbons (Fsp3) is 0.786. The van der Waals surface area contributed by atoms with E-state index < -0.39 is 0 Å². The normalized spacial score (nSPS) is 12.3.